The Bertz CT molecular complexity index is 152. The first kappa shape index (κ1) is 9.47. The van der Waals surface area contributed by atoms with Gasteiger partial charge in [0.1, 0.15) is 0 Å². The molecule has 2 heteroatoms. The van der Waals surface area contributed by atoms with Crippen LogP contribution in [0.3, 0.4) is 0 Å². The third kappa shape index (κ3) is 2.96. The lowest BCUT2D eigenvalue weighted by molar-refractivity contribution is 0.164. The Morgan fingerprint density at radius 1 is 1.15 bits per heavy atom. The third-order valence-corrected chi connectivity index (χ3v) is 3.39. The molecule has 2 fully saturated rings. The Morgan fingerprint density at radius 2 is 2.00 bits per heavy atom. The molecule has 13 heavy (non-hydrogen) atoms. The van der Waals surface area contributed by atoms with Gasteiger partial charge in [0.05, 0.1) is 0 Å². The lowest BCUT2D eigenvalue weighted by atomic mass is 9.95. The van der Waals surface area contributed by atoms with Crippen molar-refractivity contribution >= 4 is 0 Å². The molecule has 0 aromatic heterocycles. The molecule has 1 heterocycles. The second-order valence-corrected chi connectivity index (χ2v) is 4.79. The van der Waals surface area contributed by atoms with Crippen molar-refractivity contribution in [3.8, 4) is 0 Å². The maximum absolute atomic E-state index is 5.60. The van der Waals surface area contributed by atoms with Crippen LogP contribution in [0.5, 0.6) is 0 Å². The maximum Gasteiger partial charge on any atom is 0.00103 e. The predicted octanol–water partition coefficient (Wildman–Crippen LogP) is 1.46. The van der Waals surface area contributed by atoms with E-state index in [-0.39, 0.29) is 0 Å². The molecule has 2 aliphatic rings. The topological polar surface area (TPSA) is 29.3 Å². The average molecular weight is 182 g/mol. The van der Waals surface area contributed by atoms with Gasteiger partial charge in [-0.25, -0.2) is 0 Å². The Kier molecular flexibility index (Phi) is 3.23. The fourth-order valence-electron chi connectivity index (χ4n) is 2.45. The van der Waals surface area contributed by atoms with Gasteiger partial charge in [0, 0.05) is 13.1 Å². The van der Waals surface area contributed by atoms with Crippen LogP contribution in [0.25, 0.3) is 0 Å². The van der Waals surface area contributed by atoms with Gasteiger partial charge >= 0.3 is 0 Å². The first-order valence-electron chi connectivity index (χ1n) is 5.81. The van der Waals surface area contributed by atoms with E-state index in [1.54, 1.807) is 0 Å². The molecule has 0 aromatic rings. The molecule has 1 aliphatic heterocycles. The van der Waals surface area contributed by atoms with E-state index in [1.807, 2.05) is 0 Å². The van der Waals surface area contributed by atoms with E-state index in [0.29, 0.717) is 0 Å². The van der Waals surface area contributed by atoms with Gasteiger partial charge in [-0.1, -0.05) is 0 Å². The average Bonchev–Trinajstić information content (AvgIpc) is 2.90. The van der Waals surface area contributed by atoms with Crippen LogP contribution in [0.4, 0.5) is 0 Å². The lowest BCUT2D eigenvalue weighted by Crippen LogP contribution is -2.37. The maximum atomic E-state index is 5.60. The van der Waals surface area contributed by atoms with Crippen molar-refractivity contribution in [1.82, 2.24) is 4.90 Å². The van der Waals surface area contributed by atoms with Crippen molar-refractivity contribution in [2.24, 2.45) is 17.6 Å². The van der Waals surface area contributed by atoms with Crippen molar-refractivity contribution in [3.63, 3.8) is 0 Å². The van der Waals surface area contributed by atoms with Crippen LogP contribution >= 0.6 is 0 Å². The molecule has 76 valence electrons. The van der Waals surface area contributed by atoms with Crippen molar-refractivity contribution in [1.29, 1.82) is 0 Å². The van der Waals surface area contributed by atoms with E-state index in [9.17, 15) is 0 Å². The molecule has 2 nitrogen and oxygen atoms in total. The van der Waals surface area contributed by atoms with E-state index < -0.39 is 0 Å². The second kappa shape index (κ2) is 4.43. The molecule has 2 rings (SSSR count). The standard InChI is InChI=1S/C11H22N2/c12-6-5-10-2-1-7-13(8-10)9-11-3-4-11/h10-11H,1-9,12H2. The summed E-state index contributed by atoms with van der Waals surface area (Å²) in [5, 5.41) is 0. The van der Waals surface area contributed by atoms with Gasteiger partial charge in [-0.2, -0.15) is 0 Å². The van der Waals surface area contributed by atoms with Gasteiger partial charge in [0.15, 0.2) is 0 Å². The highest BCUT2D eigenvalue weighted by atomic mass is 15.1. The van der Waals surface area contributed by atoms with Crippen LogP contribution in [-0.4, -0.2) is 31.1 Å². The van der Waals surface area contributed by atoms with Crippen LogP contribution in [0, 0.1) is 11.8 Å². The summed E-state index contributed by atoms with van der Waals surface area (Å²) in [6, 6.07) is 0. The zero-order valence-electron chi connectivity index (χ0n) is 8.54. The first-order valence-corrected chi connectivity index (χ1v) is 5.81. The van der Waals surface area contributed by atoms with Gasteiger partial charge in [0.25, 0.3) is 0 Å². The number of piperidine rings is 1. The summed E-state index contributed by atoms with van der Waals surface area (Å²) in [6.07, 6.45) is 7.02. The molecule has 1 atom stereocenters. The van der Waals surface area contributed by atoms with Gasteiger partial charge in [-0.3, -0.25) is 0 Å². The largest absolute Gasteiger partial charge is 0.330 e. The summed E-state index contributed by atoms with van der Waals surface area (Å²) in [6.45, 7) is 4.92. The van der Waals surface area contributed by atoms with Gasteiger partial charge in [-0.05, 0) is 57.0 Å². The lowest BCUT2D eigenvalue weighted by Gasteiger charge is -2.32. The Balaban J connectivity index is 1.70. The minimum Gasteiger partial charge on any atom is -0.330 e. The minimum atomic E-state index is 0.877. The quantitative estimate of drug-likeness (QED) is 0.713. The molecule has 2 N–H and O–H groups in total. The van der Waals surface area contributed by atoms with Crippen LogP contribution in [0.2, 0.25) is 0 Å². The molecule has 1 saturated heterocycles. The highest BCUT2D eigenvalue weighted by molar-refractivity contribution is 4.80. The number of likely N-dealkylation sites (tertiary alicyclic amines) is 1. The third-order valence-electron chi connectivity index (χ3n) is 3.39. The number of nitrogens with two attached hydrogens (primary N) is 1. The highest BCUT2D eigenvalue weighted by Crippen LogP contribution is 2.31. The van der Waals surface area contributed by atoms with Crippen LogP contribution in [0.1, 0.15) is 32.1 Å². The molecule has 0 aromatic carbocycles. The molecular formula is C11H22N2. The minimum absolute atomic E-state index is 0.877. The molecule has 0 radical (unpaired) electrons. The second-order valence-electron chi connectivity index (χ2n) is 4.79. The van der Waals surface area contributed by atoms with Crippen molar-refractivity contribution in [2.45, 2.75) is 32.1 Å². The summed E-state index contributed by atoms with van der Waals surface area (Å²) in [5.41, 5.74) is 5.60. The summed E-state index contributed by atoms with van der Waals surface area (Å²) in [5.74, 6) is 1.95. The fourth-order valence-corrected chi connectivity index (χ4v) is 2.45. The SMILES string of the molecule is NCCC1CCCN(CC2CC2)C1. The zero-order valence-corrected chi connectivity index (χ0v) is 8.54. The van der Waals surface area contributed by atoms with Crippen LogP contribution < -0.4 is 5.73 Å². The zero-order chi connectivity index (χ0) is 9.10. The molecule has 1 saturated carbocycles. The summed E-state index contributed by atoms with van der Waals surface area (Å²) in [7, 11) is 0. The summed E-state index contributed by atoms with van der Waals surface area (Å²) in [4.78, 5) is 2.67. The van der Waals surface area contributed by atoms with Gasteiger partial charge < -0.3 is 10.6 Å². The van der Waals surface area contributed by atoms with Gasteiger partial charge in [-0.15, -0.1) is 0 Å². The Labute approximate surface area is 81.5 Å². The van der Waals surface area contributed by atoms with Crippen LogP contribution in [-0.2, 0) is 0 Å². The molecule has 0 bridgehead atoms. The number of rotatable bonds is 4. The molecule has 1 aliphatic carbocycles. The van der Waals surface area contributed by atoms with Gasteiger partial charge in [0.2, 0.25) is 0 Å². The Morgan fingerprint density at radius 3 is 2.69 bits per heavy atom. The van der Waals surface area contributed by atoms with E-state index in [1.165, 1.54) is 51.7 Å². The predicted molar refractivity (Wildman–Crippen MR) is 55.6 cm³/mol. The van der Waals surface area contributed by atoms with Crippen molar-refractivity contribution in [2.75, 3.05) is 26.2 Å². The van der Waals surface area contributed by atoms with E-state index >= 15 is 0 Å². The van der Waals surface area contributed by atoms with Crippen molar-refractivity contribution in [3.05, 3.63) is 0 Å². The molecule has 0 amide bonds. The normalized spacial score (nSPS) is 30.7. The first-order chi connectivity index (χ1) is 6.38. The number of hydrogen-bond donors (Lipinski definition) is 1. The van der Waals surface area contributed by atoms with E-state index in [2.05, 4.69) is 4.90 Å². The fraction of sp³-hybridized carbons (Fsp3) is 1.00. The number of hydrogen-bond acceptors (Lipinski definition) is 2. The van der Waals surface area contributed by atoms with E-state index in [4.69, 9.17) is 5.73 Å². The number of nitrogens with zero attached hydrogens (tertiary/aromatic N) is 1. The van der Waals surface area contributed by atoms with Crippen molar-refractivity contribution < 1.29 is 0 Å². The Hall–Kier alpha value is -0.0800. The summed E-state index contributed by atoms with van der Waals surface area (Å²) < 4.78 is 0. The molecule has 1 unspecified atom stereocenters. The van der Waals surface area contributed by atoms with Crippen LogP contribution in [0.15, 0.2) is 0 Å². The molecule has 0 spiro atoms. The summed E-state index contributed by atoms with van der Waals surface area (Å²) >= 11 is 0. The monoisotopic (exact) mass is 182 g/mol. The van der Waals surface area contributed by atoms with E-state index in [0.717, 1.165) is 18.4 Å². The molecular weight excluding hydrogens is 160 g/mol. The smallest absolute Gasteiger partial charge is 0.00103 e. The highest BCUT2D eigenvalue weighted by Gasteiger charge is 2.27.